The van der Waals surface area contributed by atoms with Gasteiger partial charge in [0, 0.05) is 0 Å². The minimum absolute atomic E-state index is 0.372. The van der Waals surface area contributed by atoms with Crippen LogP contribution in [0.25, 0.3) is 6.08 Å². The van der Waals surface area contributed by atoms with Crippen LogP contribution < -0.4 is 0 Å². The van der Waals surface area contributed by atoms with Gasteiger partial charge in [-0.2, -0.15) is 0 Å². The first-order valence-electron chi connectivity index (χ1n) is 7.77. The average molecular weight is 258 g/mol. The van der Waals surface area contributed by atoms with Crippen LogP contribution >= 0.6 is 0 Å². The molecule has 0 atom stereocenters. The van der Waals surface area contributed by atoms with E-state index in [2.05, 4.69) is 64.1 Å². The first kappa shape index (κ1) is 16.0. The Morgan fingerprint density at radius 3 is 2.21 bits per heavy atom. The zero-order chi connectivity index (χ0) is 14.1. The summed E-state index contributed by atoms with van der Waals surface area (Å²) in [4.78, 5) is 0. The molecule has 0 saturated carbocycles. The maximum Gasteiger partial charge on any atom is -0.0230 e. The van der Waals surface area contributed by atoms with Gasteiger partial charge in [0.2, 0.25) is 0 Å². The van der Waals surface area contributed by atoms with Gasteiger partial charge < -0.3 is 0 Å². The maximum atomic E-state index is 2.31. The highest BCUT2D eigenvalue weighted by molar-refractivity contribution is 5.49. The Balaban J connectivity index is 2.37. The van der Waals surface area contributed by atoms with Crippen molar-refractivity contribution in [2.24, 2.45) is 5.41 Å². The van der Waals surface area contributed by atoms with E-state index in [0.29, 0.717) is 5.41 Å². The molecule has 0 nitrogen and oxygen atoms in total. The van der Waals surface area contributed by atoms with E-state index >= 15 is 0 Å². The summed E-state index contributed by atoms with van der Waals surface area (Å²) in [6.07, 6.45) is 12.3. The number of allylic oxidation sites excluding steroid dienone is 1. The second-order valence-electron chi connectivity index (χ2n) is 6.73. The van der Waals surface area contributed by atoms with Crippen LogP contribution in [0.1, 0.15) is 70.9 Å². The van der Waals surface area contributed by atoms with Crippen molar-refractivity contribution in [3.8, 4) is 0 Å². The number of unbranched alkanes of at least 4 members (excludes halogenated alkanes) is 4. The van der Waals surface area contributed by atoms with Gasteiger partial charge in [-0.05, 0) is 35.8 Å². The summed E-state index contributed by atoms with van der Waals surface area (Å²) >= 11 is 0. The van der Waals surface area contributed by atoms with E-state index in [0.717, 1.165) is 6.42 Å². The van der Waals surface area contributed by atoms with E-state index in [-0.39, 0.29) is 0 Å². The third-order valence-corrected chi connectivity index (χ3v) is 3.25. The molecule has 0 aliphatic carbocycles. The van der Waals surface area contributed by atoms with Crippen LogP contribution in [0.3, 0.4) is 0 Å². The molecule has 0 bridgehead atoms. The Kier molecular flexibility index (Phi) is 6.91. The van der Waals surface area contributed by atoms with Crippen molar-refractivity contribution in [1.29, 1.82) is 0 Å². The second kappa shape index (κ2) is 8.19. The third-order valence-electron chi connectivity index (χ3n) is 3.25. The molecule has 0 spiro atoms. The van der Waals surface area contributed by atoms with Crippen LogP contribution in [-0.2, 0) is 6.42 Å². The fourth-order valence-corrected chi connectivity index (χ4v) is 2.27. The molecule has 0 heterocycles. The largest absolute Gasteiger partial charge is 0.0839 e. The van der Waals surface area contributed by atoms with Gasteiger partial charge >= 0.3 is 0 Å². The highest BCUT2D eigenvalue weighted by atomic mass is 14.2. The number of hydrogen-bond acceptors (Lipinski definition) is 0. The molecule has 19 heavy (non-hydrogen) atoms. The smallest absolute Gasteiger partial charge is 0.0230 e. The molecular formula is C19H30. The lowest BCUT2D eigenvalue weighted by molar-refractivity contribution is 0.411. The average Bonchev–Trinajstić information content (AvgIpc) is 2.34. The van der Waals surface area contributed by atoms with E-state index < -0.39 is 0 Å². The van der Waals surface area contributed by atoms with Crippen molar-refractivity contribution < 1.29 is 0 Å². The lowest BCUT2D eigenvalue weighted by Crippen LogP contribution is -2.08. The van der Waals surface area contributed by atoms with Crippen LogP contribution in [0.4, 0.5) is 0 Å². The van der Waals surface area contributed by atoms with Gasteiger partial charge in [0.1, 0.15) is 0 Å². The molecule has 0 saturated heterocycles. The van der Waals surface area contributed by atoms with Gasteiger partial charge in [-0.15, -0.1) is 0 Å². The van der Waals surface area contributed by atoms with Crippen LogP contribution in [0.5, 0.6) is 0 Å². The van der Waals surface area contributed by atoms with Crippen LogP contribution in [-0.4, -0.2) is 0 Å². The first-order valence-corrected chi connectivity index (χ1v) is 7.77. The molecule has 0 unspecified atom stereocenters. The highest BCUT2D eigenvalue weighted by Crippen LogP contribution is 2.20. The van der Waals surface area contributed by atoms with Gasteiger partial charge in [-0.1, -0.05) is 83.4 Å². The Hall–Kier alpha value is -1.04. The molecule has 0 N–H and O–H groups in total. The minimum Gasteiger partial charge on any atom is -0.0839 e. The fourth-order valence-electron chi connectivity index (χ4n) is 2.27. The summed E-state index contributed by atoms with van der Waals surface area (Å²) in [7, 11) is 0. The fraction of sp³-hybridized carbons (Fsp3) is 0.579. The van der Waals surface area contributed by atoms with E-state index in [1.54, 1.807) is 0 Å². The Morgan fingerprint density at radius 1 is 0.947 bits per heavy atom. The molecule has 0 amide bonds. The number of benzene rings is 1. The zero-order valence-electron chi connectivity index (χ0n) is 13.2. The van der Waals surface area contributed by atoms with Crippen LogP contribution in [0.2, 0.25) is 0 Å². The summed E-state index contributed by atoms with van der Waals surface area (Å²) < 4.78 is 0. The van der Waals surface area contributed by atoms with Gasteiger partial charge in [0.15, 0.2) is 0 Å². The predicted molar refractivity (Wildman–Crippen MR) is 87.4 cm³/mol. The molecule has 0 aliphatic heterocycles. The molecule has 1 aromatic rings. The van der Waals surface area contributed by atoms with Crippen LogP contribution in [0, 0.1) is 5.41 Å². The Labute approximate surface area is 119 Å². The van der Waals surface area contributed by atoms with Gasteiger partial charge in [0.25, 0.3) is 0 Å². The lowest BCUT2D eigenvalue weighted by atomic mass is 9.88. The molecule has 1 aromatic carbocycles. The molecule has 0 aromatic heterocycles. The monoisotopic (exact) mass is 258 g/mol. The van der Waals surface area contributed by atoms with E-state index in [1.807, 2.05) is 0 Å². The van der Waals surface area contributed by atoms with Crippen molar-refractivity contribution >= 4 is 6.08 Å². The molecule has 0 fully saturated rings. The Morgan fingerprint density at radius 2 is 1.63 bits per heavy atom. The van der Waals surface area contributed by atoms with E-state index in [1.165, 1.54) is 43.2 Å². The standard InChI is InChI=1S/C19H30/c1-5-6-7-8-9-10-11-17-12-14-18(15-13-17)16-19(2,3)4/h10-15H,5-9,16H2,1-4H3. The van der Waals surface area contributed by atoms with Crippen molar-refractivity contribution in [3.05, 3.63) is 41.5 Å². The summed E-state index contributed by atoms with van der Waals surface area (Å²) in [6, 6.07) is 9.01. The van der Waals surface area contributed by atoms with Crippen LogP contribution in [0.15, 0.2) is 30.3 Å². The quantitative estimate of drug-likeness (QED) is 0.506. The minimum atomic E-state index is 0.372. The summed E-state index contributed by atoms with van der Waals surface area (Å²) in [5.41, 5.74) is 3.14. The number of rotatable bonds is 7. The summed E-state index contributed by atoms with van der Waals surface area (Å²) in [5, 5.41) is 0. The maximum absolute atomic E-state index is 2.31. The van der Waals surface area contributed by atoms with Crippen molar-refractivity contribution in [1.82, 2.24) is 0 Å². The first-order chi connectivity index (χ1) is 9.01. The van der Waals surface area contributed by atoms with Gasteiger partial charge in [0.05, 0.1) is 0 Å². The van der Waals surface area contributed by atoms with Gasteiger partial charge in [-0.3, -0.25) is 0 Å². The molecule has 1 rings (SSSR count). The van der Waals surface area contributed by atoms with Gasteiger partial charge in [-0.25, -0.2) is 0 Å². The van der Waals surface area contributed by atoms with Crippen molar-refractivity contribution in [2.45, 2.75) is 66.2 Å². The second-order valence-corrected chi connectivity index (χ2v) is 6.73. The summed E-state index contributed by atoms with van der Waals surface area (Å²) in [6.45, 7) is 9.13. The van der Waals surface area contributed by atoms with E-state index in [4.69, 9.17) is 0 Å². The number of hydrogen-bond donors (Lipinski definition) is 0. The molecule has 0 aliphatic rings. The highest BCUT2D eigenvalue weighted by Gasteiger charge is 2.10. The zero-order valence-corrected chi connectivity index (χ0v) is 13.2. The van der Waals surface area contributed by atoms with Crippen molar-refractivity contribution in [2.75, 3.05) is 0 Å². The lowest BCUT2D eigenvalue weighted by Gasteiger charge is -2.17. The predicted octanol–water partition coefficient (Wildman–Crippen LogP) is 6.26. The summed E-state index contributed by atoms with van der Waals surface area (Å²) in [5.74, 6) is 0. The topological polar surface area (TPSA) is 0 Å². The Bertz CT molecular complexity index is 362. The van der Waals surface area contributed by atoms with Crippen molar-refractivity contribution in [3.63, 3.8) is 0 Å². The molecule has 106 valence electrons. The van der Waals surface area contributed by atoms with E-state index in [9.17, 15) is 0 Å². The molecule has 0 heteroatoms. The molecule has 0 radical (unpaired) electrons. The third kappa shape index (κ3) is 7.87. The molecular weight excluding hydrogens is 228 g/mol. The normalized spacial score (nSPS) is 12.2. The SMILES string of the molecule is CCCCCCC=Cc1ccc(CC(C)(C)C)cc1.